The molecular formula is C18H35N. The minimum absolute atomic E-state index is 0.738. The summed E-state index contributed by atoms with van der Waals surface area (Å²) in [5.41, 5.74) is 0. The van der Waals surface area contributed by atoms with Gasteiger partial charge < -0.3 is 5.32 Å². The van der Waals surface area contributed by atoms with Crippen LogP contribution in [0.3, 0.4) is 0 Å². The summed E-state index contributed by atoms with van der Waals surface area (Å²) in [6.07, 6.45) is 14.6. The highest BCUT2D eigenvalue weighted by atomic mass is 15.0. The summed E-state index contributed by atoms with van der Waals surface area (Å²) in [4.78, 5) is 0. The van der Waals surface area contributed by atoms with Crippen LogP contribution in [0, 0.1) is 17.8 Å². The van der Waals surface area contributed by atoms with Gasteiger partial charge in [0.15, 0.2) is 0 Å². The van der Waals surface area contributed by atoms with E-state index in [2.05, 4.69) is 26.1 Å². The molecule has 0 heterocycles. The Morgan fingerprint density at radius 2 is 1.32 bits per heavy atom. The Kier molecular flexibility index (Phi) is 6.19. The molecule has 0 aliphatic heterocycles. The fourth-order valence-corrected chi connectivity index (χ4v) is 4.45. The number of nitrogens with one attached hydrogen (secondary N) is 1. The van der Waals surface area contributed by atoms with Gasteiger partial charge in [-0.15, -0.1) is 0 Å². The Balaban J connectivity index is 1.86. The fourth-order valence-electron chi connectivity index (χ4n) is 4.45. The molecule has 0 spiro atoms. The van der Waals surface area contributed by atoms with Crippen molar-refractivity contribution in [1.29, 1.82) is 0 Å². The predicted octanol–water partition coefficient (Wildman–Crippen LogP) is 5.15. The number of hydrogen-bond donors (Lipinski definition) is 1. The standard InChI is InChI=1S/C18H35N/c1-14(2)17-12-8-9-13-18(17)19-15(3)16-10-6-4-5-7-11-16/h14-19H,4-13H2,1-3H3/t15-,17?,18?/m1/s1. The van der Waals surface area contributed by atoms with Gasteiger partial charge in [-0.05, 0) is 50.4 Å². The molecule has 0 aromatic carbocycles. The maximum Gasteiger partial charge on any atom is 0.0100 e. The highest BCUT2D eigenvalue weighted by Crippen LogP contribution is 2.32. The van der Waals surface area contributed by atoms with Crippen LogP contribution in [0.25, 0.3) is 0 Å². The summed E-state index contributed by atoms with van der Waals surface area (Å²) in [7, 11) is 0. The molecule has 19 heavy (non-hydrogen) atoms. The van der Waals surface area contributed by atoms with E-state index in [-0.39, 0.29) is 0 Å². The zero-order valence-corrected chi connectivity index (χ0v) is 13.5. The van der Waals surface area contributed by atoms with E-state index < -0.39 is 0 Å². The second-order valence-corrected chi connectivity index (χ2v) is 7.51. The maximum atomic E-state index is 4.05. The molecule has 2 fully saturated rings. The molecule has 0 aromatic rings. The fraction of sp³-hybridized carbons (Fsp3) is 1.00. The molecule has 0 radical (unpaired) electrons. The average molecular weight is 265 g/mol. The van der Waals surface area contributed by atoms with Crippen LogP contribution in [0.5, 0.6) is 0 Å². The quantitative estimate of drug-likeness (QED) is 0.693. The third-order valence-electron chi connectivity index (χ3n) is 5.76. The van der Waals surface area contributed by atoms with Crippen molar-refractivity contribution in [3.8, 4) is 0 Å². The van der Waals surface area contributed by atoms with Crippen LogP contribution < -0.4 is 5.32 Å². The first-order chi connectivity index (χ1) is 9.18. The van der Waals surface area contributed by atoms with Crippen LogP contribution in [-0.4, -0.2) is 12.1 Å². The van der Waals surface area contributed by atoms with E-state index in [1.165, 1.54) is 64.2 Å². The SMILES string of the molecule is CC(C)C1CCCCC1N[C@H](C)C1CCCCCC1. The molecule has 0 saturated heterocycles. The smallest absolute Gasteiger partial charge is 0.0100 e. The van der Waals surface area contributed by atoms with Crippen molar-refractivity contribution >= 4 is 0 Å². The molecule has 2 aliphatic carbocycles. The van der Waals surface area contributed by atoms with Gasteiger partial charge in [-0.1, -0.05) is 52.4 Å². The summed E-state index contributed by atoms with van der Waals surface area (Å²) < 4.78 is 0. The molecule has 0 bridgehead atoms. The van der Waals surface area contributed by atoms with E-state index >= 15 is 0 Å². The van der Waals surface area contributed by atoms with Gasteiger partial charge >= 0.3 is 0 Å². The molecule has 112 valence electrons. The summed E-state index contributed by atoms with van der Waals surface area (Å²) in [5.74, 6) is 2.71. The van der Waals surface area contributed by atoms with Crippen LogP contribution in [0.4, 0.5) is 0 Å². The van der Waals surface area contributed by atoms with E-state index in [0.717, 1.165) is 29.8 Å². The summed E-state index contributed by atoms with van der Waals surface area (Å²) >= 11 is 0. The molecule has 2 aliphatic rings. The van der Waals surface area contributed by atoms with E-state index in [1.807, 2.05) is 0 Å². The van der Waals surface area contributed by atoms with Crippen LogP contribution in [0.1, 0.15) is 85.0 Å². The minimum Gasteiger partial charge on any atom is -0.311 e. The first-order valence-corrected chi connectivity index (χ1v) is 8.94. The zero-order chi connectivity index (χ0) is 13.7. The Hall–Kier alpha value is -0.0400. The lowest BCUT2D eigenvalue weighted by atomic mass is 9.77. The van der Waals surface area contributed by atoms with Crippen LogP contribution in [0.2, 0.25) is 0 Å². The van der Waals surface area contributed by atoms with Gasteiger partial charge in [0.25, 0.3) is 0 Å². The maximum absolute atomic E-state index is 4.05. The third-order valence-corrected chi connectivity index (χ3v) is 5.76. The first-order valence-electron chi connectivity index (χ1n) is 8.94. The number of hydrogen-bond acceptors (Lipinski definition) is 1. The highest BCUT2D eigenvalue weighted by Gasteiger charge is 2.30. The van der Waals surface area contributed by atoms with Crippen molar-refractivity contribution in [2.75, 3.05) is 0 Å². The predicted molar refractivity (Wildman–Crippen MR) is 84.4 cm³/mol. The summed E-state index contributed by atoms with van der Waals surface area (Å²) in [6, 6.07) is 1.54. The Bertz CT molecular complexity index is 240. The lowest BCUT2D eigenvalue weighted by Gasteiger charge is -2.38. The van der Waals surface area contributed by atoms with E-state index in [0.29, 0.717) is 0 Å². The minimum atomic E-state index is 0.738. The molecule has 1 nitrogen and oxygen atoms in total. The van der Waals surface area contributed by atoms with Crippen LogP contribution in [-0.2, 0) is 0 Å². The Morgan fingerprint density at radius 1 is 0.737 bits per heavy atom. The van der Waals surface area contributed by atoms with Gasteiger partial charge in [0, 0.05) is 12.1 Å². The van der Waals surface area contributed by atoms with Gasteiger partial charge in [0.1, 0.15) is 0 Å². The second kappa shape index (κ2) is 7.67. The van der Waals surface area contributed by atoms with Crippen molar-refractivity contribution in [3.63, 3.8) is 0 Å². The van der Waals surface area contributed by atoms with Gasteiger partial charge in [-0.2, -0.15) is 0 Å². The third kappa shape index (κ3) is 4.48. The average Bonchev–Trinajstić information content (AvgIpc) is 2.68. The molecule has 1 N–H and O–H groups in total. The monoisotopic (exact) mass is 265 g/mol. The molecule has 2 unspecified atom stereocenters. The molecule has 2 saturated carbocycles. The normalized spacial score (nSPS) is 32.2. The molecule has 1 heteroatoms. The van der Waals surface area contributed by atoms with Gasteiger partial charge in [-0.3, -0.25) is 0 Å². The van der Waals surface area contributed by atoms with Crippen molar-refractivity contribution in [2.45, 2.75) is 97.1 Å². The van der Waals surface area contributed by atoms with Crippen molar-refractivity contribution in [3.05, 3.63) is 0 Å². The molecule has 0 amide bonds. The topological polar surface area (TPSA) is 12.0 Å². The van der Waals surface area contributed by atoms with Crippen molar-refractivity contribution in [1.82, 2.24) is 5.32 Å². The first kappa shape index (κ1) is 15.4. The van der Waals surface area contributed by atoms with E-state index in [1.54, 1.807) is 0 Å². The van der Waals surface area contributed by atoms with Crippen LogP contribution >= 0.6 is 0 Å². The molecule has 0 aromatic heterocycles. The largest absolute Gasteiger partial charge is 0.311 e. The number of rotatable bonds is 4. The van der Waals surface area contributed by atoms with Gasteiger partial charge in [-0.25, -0.2) is 0 Å². The van der Waals surface area contributed by atoms with Crippen molar-refractivity contribution in [2.24, 2.45) is 17.8 Å². The van der Waals surface area contributed by atoms with Gasteiger partial charge in [0.05, 0.1) is 0 Å². The Labute approximate surface area is 120 Å². The second-order valence-electron chi connectivity index (χ2n) is 7.51. The molecule has 2 rings (SSSR count). The molecule has 3 atom stereocenters. The summed E-state index contributed by atoms with van der Waals surface area (Å²) in [5, 5.41) is 4.05. The summed E-state index contributed by atoms with van der Waals surface area (Å²) in [6.45, 7) is 7.30. The highest BCUT2D eigenvalue weighted by molar-refractivity contribution is 4.86. The van der Waals surface area contributed by atoms with E-state index in [9.17, 15) is 0 Å². The van der Waals surface area contributed by atoms with Crippen LogP contribution in [0.15, 0.2) is 0 Å². The van der Waals surface area contributed by atoms with E-state index in [4.69, 9.17) is 0 Å². The van der Waals surface area contributed by atoms with Crippen molar-refractivity contribution < 1.29 is 0 Å². The lowest BCUT2D eigenvalue weighted by Crippen LogP contribution is -2.47. The molecular weight excluding hydrogens is 230 g/mol. The zero-order valence-electron chi connectivity index (χ0n) is 13.5. The van der Waals surface area contributed by atoms with Gasteiger partial charge in [0.2, 0.25) is 0 Å². The lowest BCUT2D eigenvalue weighted by molar-refractivity contribution is 0.176. The Morgan fingerprint density at radius 3 is 1.95 bits per heavy atom.